The number of rotatable bonds is 3. The van der Waals surface area contributed by atoms with Crippen LogP contribution in [0.2, 0.25) is 0 Å². The summed E-state index contributed by atoms with van der Waals surface area (Å²) in [6, 6.07) is 13.0. The molecular formula is C14H11Br2NO. The number of ketones is 1. The Morgan fingerprint density at radius 1 is 1.06 bits per heavy atom. The van der Waals surface area contributed by atoms with Crippen LogP contribution >= 0.6 is 31.9 Å². The van der Waals surface area contributed by atoms with Crippen LogP contribution in [0.5, 0.6) is 0 Å². The van der Waals surface area contributed by atoms with Crippen LogP contribution in [-0.2, 0) is 6.42 Å². The maximum absolute atomic E-state index is 12.1. The lowest BCUT2D eigenvalue weighted by Crippen LogP contribution is -2.07. The monoisotopic (exact) mass is 367 g/mol. The molecule has 0 amide bonds. The molecule has 0 saturated heterocycles. The fourth-order valence-electron chi connectivity index (χ4n) is 1.72. The van der Waals surface area contributed by atoms with E-state index >= 15 is 0 Å². The highest BCUT2D eigenvalue weighted by Gasteiger charge is 2.10. The molecule has 92 valence electrons. The number of hydrogen-bond acceptors (Lipinski definition) is 2. The molecule has 0 aromatic heterocycles. The van der Waals surface area contributed by atoms with Crippen LogP contribution in [-0.4, -0.2) is 5.78 Å². The molecule has 2 N–H and O–H groups in total. The molecule has 0 aliphatic rings. The molecule has 4 heteroatoms. The fourth-order valence-corrected chi connectivity index (χ4v) is 2.54. The molecular weight excluding hydrogens is 358 g/mol. The Morgan fingerprint density at radius 2 is 1.78 bits per heavy atom. The fraction of sp³-hybridized carbons (Fsp3) is 0.0714. The van der Waals surface area contributed by atoms with Gasteiger partial charge in [-0.05, 0) is 35.9 Å². The Kier molecular flexibility index (Phi) is 4.19. The van der Waals surface area contributed by atoms with Crippen LogP contribution in [0.3, 0.4) is 0 Å². The summed E-state index contributed by atoms with van der Waals surface area (Å²) in [5, 5.41) is 0. The van der Waals surface area contributed by atoms with Crippen LogP contribution in [0.15, 0.2) is 51.4 Å². The maximum atomic E-state index is 12.1. The van der Waals surface area contributed by atoms with Crippen molar-refractivity contribution in [2.24, 2.45) is 0 Å². The van der Waals surface area contributed by atoms with Crippen LogP contribution in [0.1, 0.15) is 15.9 Å². The van der Waals surface area contributed by atoms with Crippen molar-refractivity contribution < 1.29 is 4.79 Å². The molecule has 0 atom stereocenters. The van der Waals surface area contributed by atoms with E-state index in [-0.39, 0.29) is 5.78 Å². The van der Waals surface area contributed by atoms with Crippen molar-refractivity contribution in [3.63, 3.8) is 0 Å². The lowest BCUT2D eigenvalue weighted by molar-refractivity contribution is 0.0994. The second-order valence-electron chi connectivity index (χ2n) is 3.96. The summed E-state index contributed by atoms with van der Waals surface area (Å²) < 4.78 is 1.84. The predicted octanol–water partition coefficient (Wildman–Crippen LogP) is 4.22. The van der Waals surface area contributed by atoms with Gasteiger partial charge in [-0.15, -0.1) is 0 Å². The number of benzene rings is 2. The number of nitrogen functional groups attached to an aromatic ring is 1. The number of halogens is 2. The third-order valence-corrected chi connectivity index (χ3v) is 3.55. The van der Waals surface area contributed by atoms with Gasteiger partial charge in [-0.1, -0.05) is 44.0 Å². The largest absolute Gasteiger partial charge is 0.398 e. The number of anilines is 1. The first-order chi connectivity index (χ1) is 8.56. The SMILES string of the molecule is Nc1cc(Br)ccc1C(=O)Cc1cccc(Br)c1. The quantitative estimate of drug-likeness (QED) is 0.651. The zero-order valence-electron chi connectivity index (χ0n) is 9.49. The molecule has 2 aromatic carbocycles. The Morgan fingerprint density at radius 3 is 2.44 bits per heavy atom. The molecule has 0 bridgehead atoms. The smallest absolute Gasteiger partial charge is 0.169 e. The number of nitrogens with two attached hydrogens (primary N) is 1. The third kappa shape index (κ3) is 3.21. The highest BCUT2D eigenvalue weighted by Crippen LogP contribution is 2.21. The van der Waals surface area contributed by atoms with Gasteiger partial charge in [0.1, 0.15) is 0 Å². The minimum atomic E-state index is 0.0260. The van der Waals surface area contributed by atoms with Gasteiger partial charge in [0.25, 0.3) is 0 Å². The number of hydrogen-bond donors (Lipinski definition) is 1. The summed E-state index contributed by atoms with van der Waals surface area (Å²) in [7, 11) is 0. The van der Waals surface area contributed by atoms with Crippen molar-refractivity contribution in [3.8, 4) is 0 Å². The number of carbonyl (C=O) groups is 1. The van der Waals surface area contributed by atoms with Crippen molar-refractivity contribution in [2.45, 2.75) is 6.42 Å². The van der Waals surface area contributed by atoms with Gasteiger partial charge in [0.2, 0.25) is 0 Å². The zero-order valence-corrected chi connectivity index (χ0v) is 12.7. The Bertz CT molecular complexity index is 596. The average Bonchev–Trinajstić information content (AvgIpc) is 2.28. The highest BCUT2D eigenvalue weighted by molar-refractivity contribution is 9.10. The topological polar surface area (TPSA) is 43.1 Å². The zero-order chi connectivity index (χ0) is 13.1. The predicted molar refractivity (Wildman–Crippen MR) is 80.7 cm³/mol. The lowest BCUT2D eigenvalue weighted by atomic mass is 10.0. The van der Waals surface area contributed by atoms with Gasteiger partial charge in [-0.25, -0.2) is 0 Å². The summed E-state index contributed by atoms with van der Waals surface area (Å²) >= 11 is 6.71. The van der Waals surface area contributed by atoms with Gasteiger partial charge < -0.3 is 5.73 Å². The molecule has 0 saturated carbocycles. The molecule has 2 nitrogen and oxygen atoms in total. The molecule has 0 aliphatic carbocycles. The Balaban J connectivity index is 2.22. The van der Waals surface area contributed by atoms with Gasteiger partial charge in [0.15, 0.2) is 5.78 Å². The average molecular weight is 369 g/mol. The van der Waals surface area contributed by atoms with E-state index in [0.717, 1.165) is 14.5 Å². The molecule has 2 aromatic rings. The van der Waals surface area contributed by atoms with E-state index in [2.05, 4.69) is 31.9 Å². The van der Waals surface area contributed by atoms with Gasteiger partial charge in [-0.3, -0.25) is 4.79 Å². The van der Waals surface area contributed by atoms with Crippen molar-refractivity contribution in [2.75, 3.05) is 5.73 Å². The Hall–Kier alpha value is -1.13. The van der Waals surface area contributed by atoms with E-state index in [4.69, 9.17) is 5.73 Å². The molecule has 18 heavy (non-hydrogen) atoms. The molecule has 0 heterocycles. The van der Waals surface area contributed by atoms with Crippen molar-refractivity contribution >= 4 is 43.3 Å². The van der Waals surface area contributed by atoms with E-state index in [9.17, 15) is 4.79 Å². The molecule has 0 spiro atoms. The second kappa shape index (κ2) is 5.67. The van der Waals surface area contributed by atoms with E-state index < -0.39 is 0 Å². The summed E-state index contributed by atoms with van der Waals surface area (Å²) in [5.41, 5.74) is 7.89. The summed E-state index contributed by atoms with van der Waals surface area (Å²) in [6.07, 6.45) is 0.352. The molecule has 0 unspecified atom stereocenters. The standard InChI is InChI=1S/C14H11Br2NO/c15-10-3-1-2-9(6-10)7-14(18)12-5-4-11(16)8-13(12)17/h1-6,8H,7,17H2. The van der Waals surface area contributed by atoms with Crippen LogP contribution < -0.4 is 5.73 Å². The van der Waals surface area contributed by atoms with Crippen molar-refractivity contribution in [1.29, 1.82) is 0 Å². The van der Waals surface area contributed by atoms with Gasteiger partial charge in [0, 0.05) is 26.6 Å². The third-order valence-electron chi connectivity index (χ3n) is 2.57. The number of carbonyl (C=O) groups excluding carboxylic acids is 1. The molecule has 2 rings (SSSR count). The number of Topliss-reactive ketones (excluding diaryl/α,β-unsaturated/α-hetero) is 1. The second-order valence-corrected chi connectivity index (χ2v) is 5.79. The Labute approximate surface area is 122 Å². The maximum Gasteiger partial charge on any atom is 0.169 e. The normalized spacial score (nSPS) is 10.3. The van der Waals surface area contributed by atoms with Crippen molar-refractivity contribution in [1.82, 2.24) is 0 Å². The highest BCUT2D eigenvalue weighted by atomic mass is 79.9. The first-order valence-corrected chi connectivity index (χ1v) is 6.97. The lowest BCUT2D eigenvalue weighted by Gasteiger charge is -2.06. The van der Waals surface area contributed by atoms with Crippen molar-refractivity contribution in [3.05, 3.63) is 62.5 Å². The summed E-state index contributed by atoms with van der Waals surface area (Å²) in [5.74, 6) is 0.0260. The van der Waals surface area contributed by atoms with Gasteiger partial charge in [0.05, 0.1) is 0 Å². The van der Waals surface area contributed by atoms with Crippen LogP contribution in [0.4, 0.5) is 5.69 Å². The van der Waals surface area contributed by atoms with E-state index in [1.165, 1.54) is 0 Å². The van der Waals surface area contributed by atoms with E-state index in [1.807, 2.05) is 30.3 Å². The van der Waals surface area contributed by atoms with Crippen LogP contribution in [0.25, 0.3) is 0 Å². The first kappa shape index (κ1) is 13.3. The summed E-state index contributed by atoms with van der Waals surface area (Å²) in [6.45, 7) is 0. The molecule has 0 fully saturated rings. The molecule has 0 radical (unpaired) electrons. The summed E-state index contributed by atoms with van der Waals surface area (Å²) in [4.78, 5) is 12.1. The van der Waals surface area contributed by atoms with E-state index in [1.54, 1.807) is 12.1 Å². The van der Waals surface area contributed by atoms with Gasteiger partial charge in [-0.2, -0.15) is 0 Å². The minimum Gasteiger partial charge on any atom is -0.398 e. The first-order valence-electron chi connectivity index (χ1n) is 5.39. The van der Waals surface area contributed by atoms with E-state index in [0.29, 0.717) is 17.7 Å². The van der Waals surface area contributed by atoms with Crippen LogP contribution in [0, 0.1) is 0 Å². The van der Waals surface area contributed by atoms with Gasteiger partial charge >= 0.3 is 0 Å². The molecule has 0 aliphatic heterocycles. The minimum absolute atomic E-state index is 0.0260.